The normalized spacial score (nSPS) is 19.5. The topological polar surface area (TPSA) is 32.8 Å². The largest absolute Gasteiger partial charge is 0.496 e. The Labute approximate surface area is 149 Å². The highest BCUT2D eigenvalue weighted by Gasteiger charge is 2.42. The first-order valence-corrected chi connectivity index (χ1v) is 8.94. The Morgan fingerprint density at radius 1 is 1.08 bits per heavy atom. The molecule has 1 aliphatic heterocycles. The van der Waals surface area contributed by atoms with Crippen LogP contribution in [-0.4, -0.2) is 25.6 Å². The number of carbonyl (C=O) groups excluding carboxylic acids is 1. The summed E-state index contributed by atoms with van der Waals surface area (Å²) in [4.78, 5) is 16.8. The van der Waals surface area contributed by atoms with E-state index in [0.717, 1.165) is 30.2 Å². The molecule has 1 unspecified atom stereocenters. The van der Waals surface area contributed by atoms with Gasteiger partial charge in [-0.05, 0) is 37.0 Å². The highest BCUT2D eigenvalue weighted by Crippen LogP contribution is 2.44. The third-order valence-corrected chi connectivity index (χ3v) is 5.28. The smallest absolute Gasteiger partial charge is 0.224 e. The summed E-state index contributed by atoms with van der Waals surface area (Å²) < 4.78 is 5.53. The molecule has 1 saturated carbocycles. The molecule has 0 spiro atoms. The van der Waals surface area contributed by atoms with E-state index in [4.69, 9.17) is 4.74 Å². The van der Waals surface area contributed by atoms with Crippen LogP contribution in [0.4, 0.5) is 11.4 Å². The van der Waals surface area contributed by atoms with E-state index in [1.807, 2.05) is 35.2 Å². The zero-order valence-corrected chi connectivity index (χ0v) is 14.8. The van der Waals surface area contributed by atoms with Crippen molar-refractivity contribution in [3.8, 4) is 5.75 Å². The van der Waals surface area contributed by atoms with Gasteiger partial charge in [-0.3, -0.25) is 4.79 Å². The predicted molar refractivity (Wildman–Crippen MR) is 100 cm³/mol. The second kappa shape index (κ2) is 6.43. The minimum absolute atomic E-state index is 0.140. The van der Waals surface area contributed by atoms with Gasteiger partial charge >= 0.3 is 0 Å². The predicted octanol–water partition coefficient (Wildman–Crippen LogP) is 3.85. The summed E-state index contributed by atoms with van der Waals surface area (Å²) in [6.07, 6.45) is 2.44. The highest BCUT2D eigenvalue weighted by atomic mass is 16.5. The number of nitrogens with zero attached hydrogens (tertiary/aromatic N) is 2. The Hall–Kier alpha value is -2.49. The molecule has 0 saturated heterocycles. The van der Waals surface area contributed by atoms with Crippen molar-refractivity contribution in [3.05, 3.63) is 54.1 Å². The Bertz CT molecular complexity index is 785. The molecule has 4 nitrogen and oxygen atoms in total. The second-order valence-corrected chi connectivity index (χ2v) is 6.97. The quantitative estimate of drug-likeness (QED) is 0.850. The summed E-state index contributed by atoms with van der Waals surface area (Å²) in [5.74, 6) is 1.68. The minimum atomic E-state index is 0.140. The molecule has 4 rings (SSSR count). The summed E-state index contributed by atoms with van der Waals surface area (Å²) in [6, 6.07) is 16.7. The molecule has 25 heavy (non-hydrogen) atoms. The summed E-state index contributed by atoms with van der Waals surface area (Å²) in [5.41, 5.74) is 3.33. The van der Waals surface area contributed by atoms with Crippen molar-refractivity contribution < 1.29 is 9.53 Å². The fourth-order valence-electron chi connectivity index (χ4n) is 3.95. The van der Waals surface area contributed by atoms with Gasteiger partial charge in [0.05, 0.1) is 24.5 Å². The van der Waals surface area contributed by atoms with E-state index in [2.05, 4.69) is 23.1 Å². The number of anilines is 2. The van der Waals surface area contributed by atoms with Gasteiger partial charge in [0, 0.05) is 25.6 Å². The number of hydrogen-bond donors (Lipinski definition) is 0. The van der Waals surface area contributed by atoms with Gasteiger partial charge in [0.1, 0.15) is 5.75 Å². The second-order valence-electron chi connectivity index (χ2n) is 6.97. The molecule has 1 aliphatic carbocycles. The van der Waals surface area contributed by atoms with Crippen LogP contribution in [0.3, 0.4) is 0 Å². The molecular formula is C21H24N2O2. The lowest BCUT2D eigenvalue weighted by Crippen LogP contribution is -2.52. The third kappa shape index (κ3) is 2.97. The standard InChI is InChI=1S/C21H24N2O2/c1-15(24)23-19-9-5-4-8-18(19)22(14-20(23)16-11-12-16)13-17-7-3-6-10-21(17)25-2/h3-10,16,20H,11-14H2,1-2H3. The molecule has 2 aliphatic rings. The van der Waals surface area contributed by atoms with Crippen LogP contribution in [0.5, 0.6) is 5.75 Å². The van der Waals surface area contributed by atoms with Gasteiger partial charge in [0.2, 0.25) is 5.91 Å². The first-order valence-electron chi connectivity index (χ1n) is 8.94. The lowest BCUT2D eigenvalue weighted by atomic mass is 10.0. The number of para-hydroxylation sites is 3. The van der Waals surface area contributed by atoms with Crippen molar-refractivity contribution in [3.63, 3.8) is 0 Å². The van der Waals surface area contributed by atoms with Crippen LogP contribution >= 0.6 is 0 Å². The lowest BCUT2D eigenvalue weighted by molar-refractivity contribution is -0.117. The summed E-state index contributed by atoms with van der Waals surface area (Å²) >= 11 is 0. The molecule has 130 valence electrons. The third-order valence-electron chi connectivity index (χ3n) is 5.28. The number of hydrogen-bond acceptors (Lipinski definition) is 3. The van der Waals surface area contributed by atoms with Crippen LogP contribution in [0.2, 0.25) is 0 Å². The molecule has 1 atom stereocenters. The monoisotopic (exact) mass is 336 g/mol. The van der Waals surface area contributed by atoms with Crippen molar-refractivity contribution in [2.24, 2.45) is 5.92 Å². The van der Waals surface area contributed by atoms with E-state index >= 15 is 0 Å². The summed E-state index contributed by atoms with van der Waals surface area (Å²) in [7, 11) is 1.72. The van der Waals surface area contributed by atoms with Gasteiger partial charge in [-0.25, -0.2) is 0 Å². The van der Waals surface area contributed by atoms with Gasteiger partial charge in [-0.2, -0.15) is 0 Å². The average Bonchev–Trinajstić information content (AvgIpc) is 3.46. The maximum Gasteiger partial charge on any atom is 0.224 e. The first-order chi connectivity index (χ1) is 12.2. The zero-order valence-electron chi connectivity index (χ0n) is 14.8. The lowest BCUT2D eigenvalue weighted by Gasteiger charge is -2.43. The Morgan fingerprint density at radius 3 is 2.44 bits per heavy atom. The molecule has 4 heteroatoms. The zero-order chi connectivity index (χ0) is 17.4. The fraction of sp³-hybridized carbons (Fsp3) is 0.381. The molecule has 2 aromatic rings. The molecule has 1 fully saturated rings. The molecule has 0 bridgehead atoms. The molecule has 1 amide bonds. The Balaban J connectivity index is 1.72. The van der Waals surface area contributed by atoms with Gasteiger partial charge < -0.3 is 14.5 Å². The van der Waals surface area contributed by atoms with E-state index < -0.39 is 0 Å². The average molecular weight is 336 g/mol. The summed E-state index contributed by atoms with van der Waals surface area (Å²) in [5, 5.41) is 0. The van der Waals surface area contributed by atoms with Crippen LogP contribution < -0.4 is 14.5 Å². The van der Waals surface area contributed by atoms with Gasteiger partial charge in [0.15, 0.2) is 0 Å². The van der Waals surface area contributed by atoms with Crippen LogP contribution in [0.1, 0.15) is 25.3 Å². The van der Waals surface area contributed by atoms with Crippen molar-refractivity contribution in [2.45, 2.75) is 32.4 Å². The Morgan fingerprint density at radius 2 is 1.76 bits per heavy atom. The molecule has 0 aromatic heterocycles. The fourth-order valence-corrected chi connectivity index (χ4v) is 3.95. The van der Waals surface area contributed by atoms with Crippen molar-refractivity contribution in [2.75, 3.05) is 23.5 Å². The van der Waals surface area contributed by atoms with E-state index in [1.54, 1.807) is 14.0 Å². The van der Waals surface area contributed by atoms with Crippen molar-refractivity contribution >= 4 is 17.3 Å². The molecule has 1 heterocycles. The number of benzene rings is 2. The van der Waals surface area contributed by atoms with E-state index in [1.165, 1.54) is 18.4 Å². The number of methoxy groups -OCH3 is 1. The minimum Gasteiger partial charge on any atom is -0.496 e. The Kier molecular flexibility index (Phi) is 4.12. The molecule has 0 radical (unpaired) electrons. The van der Waals surface area contributed by atoms with Crippen LogP contribution in [0.15, 0.2) is 48.5 Å². The first kappa shape index (κ1) is 16.0. The number of rotatable bonds is 4. The number of carbonyl (C=O) groups is 1. The number of fused-ring (bicyclic) bond motifs is 1. The highest BCUT2D eigenvalue weighted by molar-refractivity contribution is 5.97. The van der Waals surface area contributed by atoms with E-state index in [-0.39, 0.29) is 11.9 Å². The number of ether oxygens (including phenoxy) is 1. The van der Waals surface area contributed by atoms with Crippen LogP contribution in [-0.2, 0) is 11.3 Å². The van der Waals surface area contributed by atoms with E-state index in [0.29, 0.717) is 5.92 Å². The SMILES string of the molecule is COc1ccccc1CN1CC(C2CC2)N(C(C)=O)c2ccccc21. The maximum atomic E-state index is 12.4. The molecular weight excluding hydrogens is 312 g/mol. The van der Waals surface area contributed by atoms with Gasteiger partial charge in [-0.1, -0.05) is 30.3 Å². The van der Waals surface area contributed by atoms with Gasteiger partial charge in [-0.15, -0.1) is 0 Å². The number of amides is 1. The summed E-state index contributed by atoms with van der Waals surface area (Å²) in [6.45, 7) is 3.34. The van der Waals surface area contributed by atoms with Gasteiger partial charge in [0.25, 0.3) is 0 Å². The van der Waals surface area contributed by atoms with Crippen LogP contribution in [0.25, 0.3) is 0 Å². The molecule has 2 aromatic carbocycles. The van der Waals surface area contributed by atoms with E-state index in [9.17, 15) is 4.79 Å². The maximum absolute atomic E-state index is 12.4. The van der Waals surface area contributed by atoms with Crippen LogP contribution in [0, 0.1) is 5.92 Å². The molecule has 0 N–H and O–H groups in total. The van der Waals surface area contributed by atoms with Crippen molar-refractivity contribution in [1.29, 1.82) is 0 Å². The van der Waals surface area contributed by atoms with Crippen molar-refractivity contribution in [1.82, 2.24) is 0 Å².